The average Bonchev–Trinajstić information content (AvgIpc) is 2.28. The SMILES string of the molecule is CCC(CCO)Nc1ccc([N+](=O)[O-])c(C)c1. The van der Waals surface area contributed by atoms with Gasteiger partial charge in [-0.05, 0) is 31.9 Å². The Labute approximate surface area is 101 Å². The Balaban J connectivity index is 2.79. The minimum absolute atomic E-state index is 0.130. The molecule has 2 N–H and O–H groups in total. The highest BCUT2D eigenvalue weighted by atomic mass is 16.6. The van der Waals surface area contributed by atoms with Crippen molar-refractivity contribution in [1.29, 1.82) is 0 Å². The first-order chi connectivity index (χ1) is 8.08. The molecule has 0 amide bonds. The smallest absolute Gasteiger partial charge is 0.272 e. The zero-order valence-electron chi connectivity index (χ0n) is 10.1. The van der Waals surface area contributed by atoms with Gasteiger partial charge in [0.2, 0.25) is 0 Å². The maximum Gasteiger partial charge on any atom is 0.272 e. The van der Waals surface area contributed by atoms with E-state index in [1.54, 1.807) is 19.1 Å². The molecule has 1 aromatic rings. The van der Waals surface area contributed by atoms with Crippen LogP contribution in [0.5, 0.6) is 0 Å². The molecule has 17 heavy (non-hydrogen) atoms. The van der Waals surface area contributed by atoms with Crippen LogP contribution in [-0.2, 0) is 0 Å². The molecule has 1 atom stereocenters. The molecule has 0 spiro atoms. The summed E-state index contributed by atoms with van der Waals surface area (Å²) in [6.45, 7) is 3.89. The summed E-state index contributed by atoms with van der Waals surface area (Å²) in [6.07, 6.45) is 1.57. The summed E-state index contributed by atoms with van der Waals surface area (Å²) in [5.41, 5.74) is 1.62. The number of hydrogen-bond donors (Lipinski definition) is 2. The van der Waals surface area contributed by atoms with E-state index in [0.717, 1.165) is 12.1 Å². The molecule has 0 aliphatic rings. The number of nitro benzene ring substituents is 1. The van der Waals surface area contributed by atoms with Gasteiger partial charge in [-0.1, -0.05) is 6.92 Å². The first-order valence-electron chi connectivity index (χ1n) is 5.71. The minimum atomic E-state index is -0.385. The molecule has 5 heteroatoms. The molecule has 1 rings (SSSR count). The zero-order chi connectivity index (χ0) is 12.8. The van der Waals surface area contributed by atoms with Gasteiger partial charge in [0.05, 0.1) is 4.92 Å². The normalized spacial score (nSPS) is 12.2. The fourth-order valence-electron chi connectivity index (χ4n) is 1.72. The first-order valence-corrected chi connectivity index (χ1v) is 5.71. The van der Waals surface area contributed by atoms with Crippen molar-refractivity contribution < 1.29 is 10.0 Å². The summed E-state index contributed by atoms with van der Waals surface area (Å²) in [4.78, 5) is 10.3. The third kappa shape index (κ3) is 3.71. The fraction of sp³-hybridized carbons (Fsp3) is 0.500. The molecule has 0 saturated carbocycles. The highest BCUT2D eigenvalue weighted by Crippen LogP contribution is 2.22. The number of aliphatic hydroxyl groups is 1. The zero-order valence-corrected chi connectivity index (χ0v) is 10.1. The Morgan fingerprint density at radius 3 is 2.71 bits per heavy atom. The largest absolute Gasteiger partial charge is 0.396 e. The highest BCUT2D eigenvalue weighted by Gasteiger charge is 2.11. The molecular weight excluding hydrogens is 220 g/mol. The molecule has 0 aliphatic heterocycles. The molecule has 0 fully saturated rings. The molecule has 0 bridgehead atoms. The summed E-state index contributed by atoms with van der Waals surface area (Å²) < 4.78 is 0. The lowest BCUT2D eigenvalue weighted by Gasteiger charge is -2.17. The van der Waals surface area contributed by atoms with Gasteiger partial charge in [0, 0.05) is 30.0 Å². The molecule has 0 aromatic heterocycles. The van der Waals surface area contributed by atoms with Crippen LogP contribution < -0.4 is 5.32 Å². The van der Waals surface area contributed by atoms with E-state index in [4.69, 9.17) is 5.11 Å². The van der Waals surface area contributed by atoms with Gasteiger partial charge >= 0.3 is 0 Å². The summed E-state index contributed by atoms with van der Waals surface area (Å²) in [5, 5.41) is 22.8. The summed E-state index contributed by atoms with van der Waals surface area (Å²) in [5.74, 6) is 0. The number of rotatable bonds is 6. The van der Waals surface area contributed by atoms with Gasteiger partial charge < -0.3 is 10.4 Å². The Kier molecular flexibility index (Phi) is 4.90. The van der Waals surface area contributed by atoms with E-state index in [9.17, 15) is 10.1 Å². The van der Waals surface area contributed by atoms with Gasteiger partial charge in [-0.15, -0.1) is 0 Å². The van der Waals surface area contributed by atoms with Crippen LogP contribution in [0.15, 0.2) is 18.2 Å². The van der Waals surface area contributed by atoms with Gasteiger partial charge in [0.1, 0.15) is 0 Å². The van der Waals surface area contributed by atoms with Crippen LogP contribution in [0, 0.1) is 17.0 Å². The number of nitrogens with zero attached hydrogens (tertiary/aromatic N) is 1. The van der Waals surface area contributed by atoms with Crippen molar-refractivity contribution in [3.05, 3.63) is 33.9 Å². The van der Waals surface area contributed by atoms with Crippen LogP contribution in [0.25, 0.3) is 0 Å². The van der Waals surface area contributed by atoms with E-state index < -0.39 is 0 Å². The molecule has 0 aliphatic carbocycles. The van der Waals surface area contributed by atoms with E-state index >= 15 is 0 Å². The van der Waals surface area contributed by atoms with Crippen LogP contribution in [-0.4, -0.2) is 22.7 Å². The molecular formula is C12H18N2O3. The van der Waals surface area contributed by atoms with Crippen molar-refractivity contribution in [1.82, 2.24) is 0 Å². The molecule has 94 valence electrons. The highest BCUT2D eigenvalue weighted by molar-refractivity contribution is 5.53. The monoisotopic (exact) mass is 238 g/mol. The molecule has 0 saturated heterocycles. The Hall–Kier alpha value is -1.62. The lowest BCUT2D eigenvalue weighted by molar-refractivity contribution is -0.385. The van der Waals surface area contributed by atoms with Crippen molar-refractivity contribution in [3.63, 3.8) is 0 Å². The van der Waals surface area contributed by atoms with Gasteiger partial charge in [-0.3, -0.25) is 10.1 Å². The van der Waals surface area contributed by atoms with Crippen molar-refractivity contribution in [3.8, 4) is 0 Å². The lowest BCUT2D eigenvalue weighted by atomic mass is 10.1. The second-order valence-electron chi connectivity index (χ2n) is 4.02. The Bertz CT molecular complexity index is 393. The van der Waals surface area contributed by atoms with Gasteiger partial charge in [-0.25, -0.2) is 0 Å². The minimum Gasteiger partial charge on any atom is -0.396 e. The standard InChI is InChI=1S/C12H18N2O3/c1-3-10(6-7-15)13-11-4-5-12(14(16)17)9(2)8-11/h4-5,8,10,13,15H,3,6-7H2,1-2H3. The average molecular weight is 238 g/mol. The first kappa shape index (κ1) is 13.4. The van der Waals surface area contributed by atoms with Crippen LogP contribution in [0.1, 0.15) is 25.3 Å². The predicted molar refractivity (Wildman–Crippen MR) is 67.2 cm³/mol. The van der Waals surface area contributed by atoms with Gasteiger partial charge in [0.25, 0.3) is 5.69 Å². The molecule has 5 nitrogen and oxygen atoms in total. The van der Waals surface area contributed by atoms with Crippen molar-refractivity contribution in [2.75, 3.05) is 11.9 Å². The molecule has 1 unspecified atom stereocenters. The predicted octanol–water partition coefficient (Wildman–Crippen LogP) is 2.48. The van der Waals surface area contributed by atoms with Crippen LogP contribution in [0.2, 0.25) is 0 Å². The van der Waals surface area contributed by atoms with Crippen LogP contribution >= 0.6 is 0 Å². The van der Waals surface area contributed by atoms with Crippen molar-refractivity contribution in [2.45, 2.75) is 32.7 Å². The van der Waals surface area contributed by atoms with Crippen LogP contribution in [0.3, 0.4) is 0 Å². The van der Waals surface area contributed by atoms with E-state index in [0.29, 0.717) is 12.0 Å². The number of aryl methyl sites for hydroxylation is 1. The van der Waals surface area contributed by atoms with Crippen LogP contribution in [0.4, 0.5) is 11.4 Å². The fourth-order valence-corrected chi connectivity index (χ4v) is 1.72. The summed E-state index contributed by atoms with van der Waals surface area (Å²) in [7, 11) is 0. The second kappa shape index (κ2) is 6.20. The second-order valence-corrected chi connectivity index (χ2v) is 4.02. The molecule has 0 heterocycles. The van der Waals surface area contributed by atoms with Gasteiger partial charge in [-0.2, -0.15) is 0 Å². The Morgan fingerprint density at radius 2 is 2.24 bits per heavy atom. The Morgan fingerprint density at radius 1 is 1.53 bits per heavy atom. The third-order valence-corrected chi connectivity index (χ3v) is 2.73. The van der Waals surface area contributed by atoms with E-state index in [1.165, 1.54) is 6.07 Å². The van der Waals surface area contributed by atoms with Crippen molar-refractivity contribution in [2.24, 2.45) is 0 Å². The lowest BCUT2D eigenvalue weighted by Crippen LogP contribution is -2.19. The number of benzene rings is 1. The van der Waals surface area contributed by atoms with E-state index in [2.05, 4.69) is 5.32 Å². The molecule has 0 radical (unpaired) electrons. The van der Waals surface area contributed by atoms with E-state index in [1.807, 2.05) is 6.92 Å². The number of hydrogen-bond acceptors (Lipinski definition) is 4. The number of nitrogens with one attached hydrogen (secondary N) is 1. The number of anilines is 1. The van der Waals surface area contributed by atoms with Crippen molar-refractivity contribution >= 4 is 11.4 Å². The topological polar surface area (TPSA) is 75.4 Å². The van der Waals surface area contributed by atoms with Gasteiger partial charge in [0.15, 0.2) is 0 Å². The third-order valence-electron chi connectivity index (χ3n) is 2.73. The quantitative estimate of drug-likeness (QED) is 0.589. The summed E-state index contributed by atoms with van der Waals surface area (Å²) >= 11 is 0. The summed E-state index contributed by atoms with van der Waals surface area (Å²) in [6, 6.07) is 5.16. The maximum atomic E-state index is 10.7. The van der Waals surface area contributed by atoms with E-state index in [-0.39, 0.29) is 23.3 Å². The number of nitro groups is 1. The molecule has 1 aromatic carbocycles. The maximum absolute atomic E-state index is 10.7. The number of aliphatic hydroxyl groups excluding tert-OH is 1.